The monoisotopic (exact) mass is 232 g/mol. The van der Waals surface area contributed by atoms with Crippen LogP contribution in [0.5, 0.6) is 0 Å². The Morgan fingerprint density at radius 3 is 2.35 bits per heavy atom. The zero-order valence-corrected chi connectivity index (χ0v) is 11.1. The van der Waals surface area contributed by atoms with Crippen molar-refractivity contribution in [1.82, 2.24) is 0 Å². The first kappa shape index (κ1) is 12.3. The highest BCUT2D eigenvalue weighted by molar-refractivity contribution is 5.55. The molecule has 1 aliphatic heterocycles. The molecule has 1 heterocycles. The van der Waals surface area contributed by atoms with Gasteiger partial charge >= 0.3 is 0 Å². The van der Waals surface area contributed by atoms with Gasteiger partial charge in [-0.15, -0.1) is 0 Å². The quantitative estimate of drug-likeness (QED) is 0.832. The zero-order chi connectivity index (χ0) is 12.1. The highest BCUT2D eigenvalue weighted by Crippen LogP contribution is 2.22. The summed E-state index contributed by atoms with van der Waals surface area (Å²) in [6.07, 6.45) is 3.91. The minimum absolute atomic E-state index is 0.770. The van der Waals surface area contributed by atoms with Gasteiger partial charge < -0.3 is 10.2 Å². The van der Waals surface area contributed by atoms with E-state index in [1.54, 1.807) is 0 Å². The predicted octanol–water partition coefficient (Wildman–Crippen LogP) is 3.74. The molecule has 0 spiro atoms. The maximum Gasteiger partial charge on any atom is 0.0367 e. The normalized spacial score (nSPS) is 15.6. The van der Waals surface area contributed by atoms with Crippen molar-refractivity contribution in [2.24, 2.45) is 5.92 Å². The topological polar surface area (TPSA) is 15.3 Å². The summed E-state index contributed by atoms with van der Waals surface area (Å²) < 4.78 is 0. The molecule has 1 aromatic rings. The summed E-state index contributed by atoms with van der Waals surface area (Å²) in [5.41, 5.74) is 2.62. The van der Waals surface area contributed by atoms with E-state index in [9.17, 15) is 0 Å². The summed E-state index contributed by atoms with van der Waals surface area (Å²) in [4.78, 5) is 2.47. The maximum atomic E-state index is 3.48. The van der Waals surface area contributed by atoms with Crippen LogP contribution in [0.1, 0.15) is 33.1 Å². The molecule has 0 aromatic heterocycles. The molecule has 2 rings (SSSR count). The van der Waals surface area contributed by atoms with Gasteiger partial charge in [0.2, 0.25) is 0 Å². The van der Waals surface area contributed by atoms with Crippen molar-refractivity contribution in [2.75, 3.05) is 29.9 Å². The van der Waals surface area contributed by atoms with Crippen molar-refractivity contribution < 1.29 is 0 Å². The van der Waals surface area contributed by atoms with Crippen LogP contribution in [0.4, 0.5) is 11.4 Å². The first-order valence-corrected chi connectivity index (χ1v) is 6.84. The second kappa shape index (κ2) is 5.95. The van der Waals surface area contributed by atoms with Crippen LogP contribution in [0.2, 0.25) is 0 Å². The molecule has 1 aliphatic rings. The van der Waals surface area contributed by atoms with E-state index in [0.29, 0.717) is 0 Å². The molecule has 0 saturated carbocycles. The van der Waals surface area contributed by atoms with E-state index in [4.69, 9.17) is 0 Å². The third kappa shape index (κ3) is 3.65. The third-order valence-electron chi connectivity index (χ3n) is 3.39. The first-order valence-electron chi connectivity index (χ1n) is 6.84. The molecule has 0 bridgehead atoms. The molecular weight excluding hydrogens is 208 g/mol. The Labute approximate surface area is 105 Å². The van der Waals surface area contributed by atoms with Gasteiger partial charge in [0.25, 0.3) is 0 Å². The smallest absolute Gasteiger partial charge is 0.0367 e. The van der Waals surface area contributed by atoms with E-state index in [1.165, 1.54) is 43.7 Å². The van der Waals surface area contributed by atoms with Gasteiger partial charge in [-0.3, -0.25) is 0 Å². The number of nitrogens with zero attached hydrogens (tertiary/aromatic N) is 1. The fourth-order valence-electron chi connectivity index (χ4n) is 2.27. The van der Waals surface area contributed by atoms with E-state index >= 15 is 0 Å². The Hall–Kier alpha value is -1.18. The number of rotatable bonds is 5. The lowest BCUT2D eigenvalue weighted by Crippen LogP contribution is -2.17. The van der Waals surface area contributed by atoms with Crippen molar-refractivity contribution in [3.05, 3.63) is 24.3 Å². The number of nitrogens with one attached hydrogen (secondary N) is 1. The molecule has 0 amide bonds. The largest absolute Gasteiger partial charge is 0.385 e. The second-order valence-corrected chi connectivity index (χ2v) is 5.35. The van der Waals surface area contributed by atoms with Gasteiger partial charge in [0, 0.05) is 31.0 Å². The number of benzene rings is 1. The molecule has 1 saturated heterocycles. The molecule has 2 heteroatoms. The van der Waals surface area contributed by atoms with E-state index in [0.717, 1.165) is 12.5 Å². The molecule has 0 aliphatic carbocycles. The van der Waals surface area contributed by atoms with E-state index in [-0.39, 0.29) is 0 Å². The highest BCUT2D eigenvalue weighted by atomic mass is 15.1. The Balaban J connectivity index is 1.84. The van der Waals surface area contributed by atoms with Crippen LogP contribution < -0.4 is 10.2 Å². The highest BCUT2D eigenvalue weighted by Gasteiger charge is 2.11. The van der Waals surface area contributed by atoms with Crippen molar-refractivity contribution >= 4 is 11.4 Å². The lowest BCUT2D eigenvalue weighted by atomic mass is 10.1. The van der Waals surface area contributed by atoms with Gasteiger partial charge in [0.1, 0.15) is 0 Å². The molecule has 0 unspecified atom stereocenters. The van der Waals surface area contributed by atoms with Crippen molar-refractivity contribution in [2.45, 2.75) is 33.1 Å². The summed E-state index contributed by atoms with van der Waals surface area (Å²) in [5, 5.41) is 3.48. The van der Waals surface area contributed by atoms with Crippen LogP contribution in [0.15, 0.2) is 24.3 Å². The van der Waals surface area contributed by atoms with Crippen LogP contribution >= 0.6 is 0 Å². The number of anilines is 2. The second-order valence-electron chi connectivity index (χ2n) is 5.35. The molecule has 0 radical (unpaired) electrons. The molecule has 1 aromatic carbocycles. The van der Waals surface area contributed by atoms with Crippen molar-refractivity contribution in [3.8, 4) is 0 Å². The first-order chi connectivity index (χ1) is 8.25. The molecule has 1 fully saturated rings. The summed E-state index contributed by atoms with van der Waals surface area (Å²) in [7, 11) is 0. The zero-order valence-electron chi connectivity index (χ0n) is 11.1. The van der Waals surface area contributed by atoms with Gasteiger partial charge in [-0.25, -0.2) is 0 Å². The Morgan fingerprint density at radius 1 is 1.12 bits per heavy atom. The molecule has 94 valence electrons. The van der Waals surface area contributed by atoms with Gasteiger partial charge in [-0.1, -0.05) is 13.8 Å². The maximum absolute atomic E-state index is 3.48. The van der Waals surface area contributed by atoms with Gasteiger partial charge in [0.05, 0.1) is 0 Å². The summed E-state index contributed by atoms with van der Waals surface area (Å²) >= 11 is 0. The van der Waals surface area contributed by atoms with E-state index in [1.807, 2.05) is 0 Å². The molecule has 2 nitrogen and oxygen atoms in total. The fourth-order valence-corrected chi connectivity index (χ4v) is 2.27. The van der Waals surface area contributed by atoms with Crippen LogP contribution in [-0.2, 0) is 0 Å². The average molecular weight is 232 g/mol. The van der Waals surface area contributed by atoms with Gasteiger partial charge in [-0.2, -0.15) is 0 Å². The Bertz CT molecular complexity index is 323. The van der Waals surface area contributed by atoms with Crippen LogP contribution in [-0.4, -0.2) is 19.6 Å². The summed E-state index contributed by atoms with van der Waals surface area (Å²) in [5.74, 6) is 0.770. The third-order valence-corrected chi connectivity index (χ3v) is 3.39. The minimum atomic E-state index is 0.770. The Morgan fingerprint density at radius 2 is 1.76 bits per heavy atom. The van der Waals surface area contributed by atoms with Crippen LogP contribution in [0, 0.1) is 5.92 Å². The van der Waals surface area contributed by atoms with Crippen molar-refractivity contribution in [1.29, 1.82) is 0 Å². The van der Waals surface area contributed by atoms with Crippen LogP contribution in [0.25, 0.3) is 0 Å². The van der Waals surface area contributed by atoms with Gasteiger partial charge in [0.15, 0.2) is 0 Å². The number of hydrogen-bond acceptors (Lipinski definition) is 2. The lowest BCUT2D eigenvalue weighted by molar-refractivity contribution is 0.607. The SMILES string of the molecule is CC(C)CCNc1ccc(N2CCCC2)cc1. The summed E-state index contributed by atoms with van der Waals surface area (Å²) in [6.45, 7) is 8.04. The molecule has 1 N–H and O–H groups in total. The van der Waals surface area contributed by atoms with Crippen molar-refractivity contribution in [3.63, 3.8) is 0 Å². The number of hydrogen-bond donors (Lipinski definition) is 1. The van der Waals surface area contributed by atoms with Crippen LogP contribution in [0.3, 0.4) is 0 Å². The van der Waals surface area contributed by atoms with Gasteiger partial charge in [-0.05, 0) is 49.4 Å². The lowest BCUT2D eigenvalue weighted by Gasteiger charge is -2.18. The minimum Gasteiger partial charge on any atom is -0.385 e. The average Bonchev–Trinajstić information content (AvgIpc) is 2.83. The predicted molar refractivity (Wildman–Crippen MR) is 75.8 cm³/mol. The molecular formula is C15H24N2. The standard InChI is InChI=1S/C15H24N2/c1-13(2)9-10-16-14-5-7-15(8-6-14)17-11-3-4-12-17/h5-8,13,16H,3-4,9-12H2,1-2H3. The molecule has 0 atom stereocenters. The molecule has 17 heavy (non-hydrogen) atoms. The Kier molecular flexibility index (Phi) is 4.29. The van der Waals surface area contributed by atoms with E-state index in [2.05, 4.69) is 48.3 Å². The van der Waals surface area contributed by atoms with E-state index < -0.39 is 0 Å². The fraction of sp³-hybridized carbons (Fsp3) is 0.600. The summed E-state index contributed by atoms with van der Waals surface area (Å²) in [6, 6.07) is 8.88.